The Morgan fingerprint density at radius 2 is 1.68 bits per heavy atom. The van der Waals surface area contributed by atoms with E-state index in [4.69, 9.17) is 5.73 Å². The van der Waals surface area contributed by atoms with Gasteiger partial charge >= 0.3 is 0 Å². The molecule has 1 amide bonds. The number of carbonyl (C=O) groups is 2. The molecule has 0 aliphatic heterocycles. The van der Waals surface area contributed by atoms with Gasteiger partial charge in [-0.3, -0.25) is 9.59 Å². The first-order valence-electron chi connectivity index (χ1n) is 8.63. The number of ketones is 1. The van der Waals surface area contributed by atoms with E-state index in [0.717, 1.165) is 11.1 Å². The summed E-state index contributed by atoms with van der Waals surface area (Å²) in [5.74, 6) is -0.560. The maximum absolute atomic E-state index is 12.5. The van der Waals surface area contributed by atoms with Crippen LogP contribution in [0.15, 0.2) is 73.1 Å². The number of aromatic amines is 1. The predicted octanol–water partition coefficient (Wildman–Crippen LogP) is 3.35. The molecule has 136 valence electrons. The number of fused-ring (bicyclic) bond motifs is 1. The van der Waals surface area contributed by atoms with Crippen LogP contribution in [0.5, 0.6) is 0 Å². The molecule has 6 heteroatoms. The van der Waals surface area contributed by atoms with Crippen molar-refractivity contribution >= 4 is 28.9 Å². The van der Waals surface area contributed by atoms with Gasteiger partial charge in [-0.15, -0.1) is 0 Å². The number of hydrogen-bond donors (Lipinski definition) is 2. The highest BCUT2D eigenvalue weighted by Crippen LogP contribution is 2.23. The zero-order valence-electron chi connectivity index (χ0n) is 14.8. The Bertz CT molecular complexity index is 1190. The Kier molecular flexibility index (Phi) is 4.51. The second-order valence-corrected chi connectivity index (χ2v) is 6.20. The van der Waals surface area contributed by atoms with Gasteiger partial charge in [-0.25, -0.2) is 9.97 Å². The molecule has 3 N–H and O–H groups in total. The molecule has 0 fully saturated rings. The van der Waals surface area contributed by atoms with Crippen molar-refractivity contribution < 1.29 is 9.59 Å². The van der Waals surface area contributed by atoms with Crippen LogP contribution in [-0.2, 0) is 4.79 Å². The Labute approximate surface area is 160 Å². The molecule has 0 aliphatic rings. The van der Waals surface area contributed by atoms with Crippen molar-refractivity contribution in [3.8, 4) is 11.3 Å². The first-order valence-corrected chi connectivity index (χ1v) is 8.63. The summed E-state index contributed by atoms with van der Waals surface area (Å²) >= 11 is 0. The van der Waals surface area contributed by atoms with Gasteiger partial charge in [-0.05, 0) is 6.08 Å². The number of amides is 1. The number of aromatic nitrogens is 3. The SMILES string of the molecule is NC(=O)C=Cc1c[nH]c2ncc(-c3ccc(C(=O)c4ccccc4)cc3)nc12. The van der Waals surface area contributed by atoms with Gasteiger partial charge in [0.15, 0.2) is 11.4 Å². The standard InChI is InChI=1S/C22H16N4O2/c23-19(27)11-10-17-12-24-22-20(17)26-18(13-25-22)14-6-8-16(9-7-14)21(28)15-4-2-1-3-5-15/h1-13H,(H2,23,27)(H,24,25). The molecule has 0 aliphatic carbocycles. The molecule has 2 aromatic carbocycles. The molecule has 0 saturated carbocycles. The van der Waals surface area contributed by atoms with E-state index in [1.807, 2.05) is 30.3 Å². The average Bonchev–Trinajstić information content (AvgIpc) is 3.14. The summed E-state index contributed by atoms with van der Waals surface area (Å²) in [6.07, 6.45) is 6.26. The number of benzene rings is 2. The van der Waals surface area contributed by atoms with Gasteiger partial charge in [0.1, 0.15) is 5.52 Å². The van der Waals surface area contributed by atoms with Crippen molar-refractivity contribution in [3.05, 3.63) is 89.8 Å². The van der Waals surface area contributed by atoms with E-state index in [2.05, 4.69) is 15.0 Å². The van der Waals surface area contributed by atoms with Gasteiger partial charge in [0.05, 0.1) is 11.9 Å². The minimum absolute atomic E-state index is 0.0294. The largest absolute Gasteiger partial charge is 0.366 e. The second-order valence-electron chi connectivity index (χ2n) is 6.20. The number of nitrogens with zero attached hydrogens (tertiary/aromatic N) is 2. The fraction of sp³-hybridized carbons (Fsp3) is 0. The van der Waals surface area contributed by atoms with E-state index in [1.54, 1.807) is 42.7 Å². The lowest BCUT2D eigenvalue weighted by atomic mass is 10.0. The monoisotopic (exact) mass is 368 g/mol. The van der Waals surface area contributed by atoms with Crippen LogP contribution in [0, 0.1) is 0 Å². The topological polar surface area (TPSA) is 102 Å². The summed E-state index contributed by atoms with van der Waals surface area (Å²) in [5, 5.41) is 0. The summed E-state index contributed by atoms with van der Waals surface area (Å²) < 4.78 is 0. The first kappa shape index (κ1) is 17.4. The van der Waals surface area contributed by atoms with Gasteiger partial charge in [0.25, 0.3) is 0 Å². The summed E-state index contributed by atoms with van der Waals surface area (Å²) in [6, 6.07) is 16.4. The molecule has 6 nitrogen and oxygen atoms in total. The molecule has 0 atom stereocenters. The fourth-order valence-electron chi connectivity index (χ4n) is 2.90. The van der Waals surface area contributed by atoms with Gasteiger partial charge in [0, 0.05) is 34.5 Å². The van der Waals surface area contributed by atoms with Crippen LogP contribution in [-0.4, -0.2) is 26.6 Å². The number of carbonyl (C=O) groups excluding carboxylic acids is 2. The number of H-pyrrole nitrogens is 1. The van der Waals surface area contributed by atoms with Gasteiger partial charge < -0.3 is 10.7 Å². The quantitative estimate of drug-likeness (QED) is 0.416. The zero-order chi connectivity index (χ0) is 19.5. The molecule has 4 aromatic rings. The lowest BCUT2D eigenvalue weighted by molar-refractivity contribution is -0.113. The molecule has 2 aromatic heterocycles. The number of primary amides is 1. The summed E-state index contributed by atoms with van der Waals surface area (Å²) in [5.41, 5.74) is 9.89. The molecule has 0 saturated heterocycles. The van der Waals surface area contributed by atoms with Gasteiger partial charge in [-0.2, -0.15) is 0 Å². The summed E-state index contributed by atoms with van der Waals surface area (Å²) in [4.78, 5) is 35.5. The van der Waals surface area contributed by atoms with Gasteiger partial charge in [-0.1, -0.05) is 54.6 Å². The van der Waals surface area contributed by atoms with E-state index in [1.165, 1.54) is 6.08 Å². The van der Waals surface area contributed by atoms with E-state index >= 15 is 0 Å². The number of nitrogens with two attached hydrogens (primary N) is 1. The highest BCUT2D eigenvalue weighted by molar-refractivity contribution is 6.09. The molecule has 0 spiro atoms. The van der Waals surface area contributed by atoms with E-state index in [-0.39, 0.29) is 5.78 Å². The highest BCUT2D eigenvalue weighted by Gasteiger charge is 2.11. The molecule has 2 heterocycles. The van der Waals surface area contributed by atoms with Crippen LogP contribution < -0.4 is 5.73 Å². The number of hydrogen-bond acceptors (Lipinski definition) is 4. The number of rotatable bonds is 5. The Hall–Kier alpha value is -4.06. The Morgan fingerprint density at radius 1 is 0.964 bits per heavy atom. The maximum Gasteiger partial charge on any atom is 0.241 e. The van der Waals surface area contributed by atoms with Gasteiger partial charge in [0.2, 0.25) is 5.91 Å². The molecule has 0 unspecified atom stereocenters. The molecule has 0 bridgehead atoms. The number of nitrogens with one attached hydrogen (secondary N) is 1. The minimum atomic E-state index is -0.530. The van der Waals surface area contributed by atoms with Crippen LogP contribution >= 0.6 is 0 Å². The first-order chi connectivity index (χ1) is 13.6. The summed E-state index contributed by atoms with van der Waals surface area (Å²) in [6.45, 7) is 0. The van der Waals surface area contributed by atoms with Crippen LogP contribution in [0.4, 0.5) is 0 Å². The highest BCUT2D eigenvalue weighted by atomic mass is 16.1. The van der Waals surface area contributed by atoms with E-state index in [9.17, 15) is 9.59 Å². The predicted molar refractivity (Wildman–Crippen MR) is 107 cm³/mol. The van der Waals surface area contributed by atoms with Crippen molar-refractivity contribution in [2.45, 2.75) is 0 Å². The Balaban J connectivity index is 1.65. The van der Waals surface area contributed by atoms with E-state index < -0.39 is 5.91 Å². The summed E-state index contributed by atoms with van der Waals surface area (Å²) in [7, 11) is 0. The third-order valence-corrected chi connectivity index (χ3v) is 4.32. The second kappa shape index (κ2) is 7.28. The third-order valence-electron chi connectivity index (χ3n) is 4.32. The van der Waals surface area contributed by atoms with Crippen molar-refractivity contribution in [2.24, 2.45) is 5.73 Å². The fourth-order valence-corrected chi connectivity index (χ4v) is 2.90. The molecule has 4 rings (SSSR count). The smallest absolute Gasteiger partial charge is 0.241 e. The molecular weight excluding hydrogens is 352 g/mol. The van der Waals surface area contributed by atoms with Crippen LogP contribution in [0.1, 0.15) is 21.5 Å². The van der Waals surface area contributed by atoms with Crippen molar-refractivity contribution in [3.63, 3.8) is 0 Å². The van der Waals surface area contributed by atoms with Crippen molar-refractivity contribution in [1.29, 1.82) is 0 Å². The normalized spacial score (nSPS) is 11.1. The van der Waals surface area contributed by atoms with Crippen molar-refractivity contribution in [1.82, 2.24) is 15.0 Å². The lowest BCUT2D eigenvalue weighted by Crippen LogP contribution is -2.05. The van der Waals surface area contributed by atoms with Crippen LogP contribution in [0.3, 0.4) is 0 Å². The molecular formula is C22H16N4O2. The maximum atomic E-state index is 12.5. The molecule has 28 heavy (non-hydrogen) atoms. The molecule has 0 radical (unpaired) electrons. The zero-order valence-corrected chi connectivity index (χ0v) is 14.8. The average molecular weight is 368 g/mol. The van der Waals surface area contributed by atoms with Crippen LogP contribution in [0.25, 0.3) is 28.5 Å². The van der Waals surface area contributed by atoms with Crippen LogP contribution in [0.2, 0.25) is 0 Å². The third kappa shape index (κ3) is 3.43. The minimum Gasteiger partial charge on any atom is -0.366 e. The Morgan fingerprint density at radius 3 is 2.39 bits per heavy atom. The van der Waals surface area contributed by atoms with E-state index in [0.29, 0.717) is 28.0 Å². The van der Waals surface area contributed by atoms with Crippen molar-refractivity contribution in [2.75, 3.05) is 0 Å². The lowest BCUT2D eigenvalue weighted by Gasteiger charge is -2.04.